The molecule has 0 unspecified atom stereocenters. The number of ether oxygens (including phenoxy) is 2. The molecule has 0 spiro atoms. The van der Waals surface area contributed by atoms with E-state index in [-0.39, 0.29) is 28.5 Å². The molecule has 1 N–H and O–H groups in total. The molecule has 1 aliphatic carbocycles. The first kappa shape index (κ1) is 17.9. The van der Waals surface area contributed by atoms with Crippen LogP contribution in [0.3, 0.4) is 0 Å². The first-order valence-electron chi connectivity index (χ1n) is 8.67. The van der Waals surface area contributed by atoms with Crippen LogP contribution in [0.1, 0.15) is 29.5 Å². The lowest BCUT2D eigenvalue weighted by Crippen LogP contribution is -2.30. The van der Waals surface area contributed by atoms with Crippen LogP contribution in [0.25, 0.3) is 0 Å². The van der Waals surface area contributed by atoms with Crippen molar-refractivity contribution in [1.29, 1.82) is 0 Å². The number of rotatable bonds is 4. The van der Waals surface area contributed by atoms with E-state index in [0.717, 1.165) is 22.2 Å². The predicted octanol–water partition coefficient (Wildman–Crippen LogP) is 5.20. The zero-order valence-corrected chi connectivity index (χ0v) is 16.5. The summed E-state index contributed by atoms with van der Waals surface area (Å²) in [5, 5.41) is 15.2. The van der Waals surface area contributed by atoms with Gasteiger partial charge in [-0.2, -0.15) is 0 Å². The molecule has 7 heteroatoms. The van der Waals surface area contributed by atoms with Gasteiger partial charge in [-0.15, -0.1) is 0 Å². The molecule has 0 radical (unpaired) electrons. The molecule has 2 aromatic carbocycles. The number of hydrogen-bond donors (Lipinski definition) is 1. The largest absolute Gasteiger partial charge is 0.496 e. The second kappa shape index (κ2) is 6.88. The van der Waals surface area contributed by atoms with E-state index >= 15 is 0 Å². The third-order valence-corrected chi connectivity index (χ3v) is 5.90. The van der Waals surface area contributed by atoms with E-state index in [0.29, 0.717) is 17.0 Å². The van der Waals surface area contributed by atoms with Crippen molar-refractivity contribution < 1.29 is 14.4 Å². The molecule has 0 aromatic heterocycles. The van der Waals surface area contributed by atoms with Crippen LogP contribution in [0.2, 0.25) is 0 Å². The van der Waals surface area contributed by atoms with Crippen LogP contribution in [0.4, 0.5) is 11.4 Å². The molecule has 140 valence electrons. The number of fused-ring (bicyclic) bond motifs is 3. The van der Waals surface area contributed by atoms with Crippen molar-refractivity contribution in [3.05, 3.63) is 68.2 Å². The van der Waals surface area contributed by atoms with Gasteiger partial charge in [-0.1, -0.05) is 28.1 Å². The van der Waals surface area contributed by atoms with E-state index in [1.807, 2.05) is 18.2 Å². The average Bonchev–Trinajstić information content (AvgIpc) is 3.16. The molecular weight excluding hydrogens is 412 g/mol. The van der Waals surface area contributed by atoms with Gasteiger partial charge in [-0.05, 0) is 36.6 Å². The Morgan fingerprint density at radius 3 is 2.63 bits per heavy atom. The van der Waals surface area contributed by atoms with Gasteiger partial charge in [0.2, 0.25) is 0 Å². The molecule has 2 aliphatic rings. The Kier molecular flexibility index (Phi) is 4.55. The monoisotopic (exact) mass is 430 g/mol. The minimum atomic E-state index is -0.316. The Bertz CT molecular complexity index is 944. The molecule has 1 aliphatic heterocycles. The van der Waals surface area contributed by atoms with Gasteiger partial charge in [0.25, 0.3) is 5.69 Å². The van der Waals surface area contributed by atoms with Crippen LogP contribution in [0.15, 0.2) is 47.0 Å². The molecule has 27 heavy (non-hydrogen) atoms. The van der Waals surface area contributed by atoms with Crippen molar-refractivity contribution >= 4 is 27.3 Å². The SMILES string of the molecule is COc1ccc(Br)cc1[C@@H]1Nc2c(OC)ccc([N+](=O)[O-])c2[C@@H]2C=CC[C@H]21. The van der Waals surface area contributed by atoms with Crippen LogP contribution < -0.4 is 14.8 Å². The Labute approximate surface area is 165 Å². The minimum Gasteiger partial charge on any atom is -0.496 e. The highest BCUT2D eigenvalue weighted by Crippen LogP contribution is 2.55. The van der Waals surface area contributed by atoms with Gasteiger partial charge in [0, 0.05) is 22.0 Å². The highest BCUT2D eigenvalue weighted by atomic mass is 79.9. The maximum atomic E-state index is 11.6. The number of hydrogen-bond acceptors (Lipinski definition) is 5. The van der Waals surface area contributed by atoms with Gasteiger partial charge >= 0.3 is 0 Å². The highest BCUT2D eigenvalue weighted by Gasteiger charge is 2.43. The third-order valence-electron chi connectivity index (χ3n) is 5.40. The second-order valence-corrected chi connectivity index (χ2v) is 7.61. The van der Waals surface area contributed by atoms with E-state index in [9.17, 15) is 10.1 Å². The number of allylic oxidation sites excluding steroid dienone is 2. The third kappa shape index (κ3) is 2.86. The zero-order chi connectivity index (χ0) is 19.1. The second-order valence-electron chi connectivity index (χ2n) is 6.69. The lowest BCUT2D eigenvalue weighted by atomic mass is 9.76. The summed E-state index contributed by atoms with van der Waals surface area (Å²) in [6.45, 7) is 0. The van der Waals surface area contributed by atoms with E-state index in [4.69, 9.17) is 9.47 Å². The highest BCUT2D eigenvalue weighted by molar-refractivity contribution is 9.10. The fraction of sp³-hybridized carbons (Fsp3) is 0.300. The Morgan fingerprint density at radius 1 is 1.19 bits per heavy atom. The molecule has 0 bridgehead atoms. The number of methoxy groups -OCH3 is 2. The van der Waals surface area contributed by atoms with Gasteiger partial charge < -0.3 is 14.8 Å². The Morgan fingerprint density at radius 2 is 1.93 bits per heavy atom. The number of nitro groups is 1. The molecule has 4 rings (SSSR count). The molecule has 0 saturated carbocycles. The zero-order valence-electron chi connectivity index (χ0n) is 14.9. The van der Waals surface area contributed by atoms with E-state index in [1.54, 1.807) is 20.3 Å². The lowest BCUT2D eigenvalue weighted by Gasteiger charge is -2.38. The quantitative estimate of drug-likeness (QED) is 0.409. The first-order valence-corrected chi connectivity index (χ1v) is 9.46. The molecule has 0 fully saturated rings. The fourth-order valence-corrected chi connectivity index (χ4v) is 4.63. The smallest absolute Gasteiger partial charge is 0.275 e. The van der Waals surface area contributed by atoms with E-state index in [2.05, 4.69) is 33.4 Å². The fourth-order valence-electron chi connectivity index (χ4n) is 4.25. The number of anilines is 1. The molecule has 2 aromatic rings. The maximum Gasteiger partial charge on any atom is 0.275 e. The lowest BCUT2D eigenvalue weighted by molar-refractivity contribution is -0.385. The summed E-state index contributed by atoms with van der Waals surface area (Å²) in [5.74, 6) is 1.50. The summed E-state index contributed by atoms with van der Waals surface area (Å²) in [4.78, 5) is 11.3. The number of nitrogens with one attached hydrogen (secondary N) is 1. The van der Waals surface area contributed by atoms with Crippen LogP contribution >= 0.6 is 15.9 Å². The van der Waals surface area contributed by atoms with Crippen LogP contribution in [-0.4, -0.2) is 19.1 Å². The van der Waals surface area contributed by atoms with Crippen molar-refractivity contribution in [1.82, 2.24) is 0 Å². The predicted molar refractivity (Wildman–Crippen MR) is 107 cm³/mol. The first-order chi connectivity index (χ1) is 13.0. The van der Waals surface area contributed by atoms with E-state index in [1.165, 1.54) is 6.07 Å². The minimum absolute atomic E-state index is 0.0505. The van der Waals surface area contributed by atoms with Crippen LogP contribution in [0, 0.1) is 16.0 Å². The van der Waals surface area contributed by atoms with Crippen molar-refractivity contribution in [3.8, 4) is 11.5 Å². The molecule has 1 heterocycles. The standard InChI is InChI=1S/C20H19BrN2O4/c1-26-16-8-6-11(21)10-14(16)19-13-5-3-4-12(13)18-15(23(24)25)7-9-17(27-2)20(18)22-19/h3-4,6-10,12-13,19,22H,5H2,1-2H3/t12-,13-,19-/m1/s1. The molecule has 3 atom stereocenters. The van der Waals surface area contributed by atoms with Gasteiger partial charge in [0.05, 0.1) is 36.4 Å². The number of benzene rings is 2. The summed E-state index contributed by atoms with van der Waals surface area (Å²) < 4.78 is 12.1. The van der Waals surface area contributed by atoms with Crippen LogP contribution in [0.5, 0.6) is 11.5 Å². The van der Waals surface area contributed by atoms with Crippen molar-refractivity contribution in [3.63, 3.8) is 0 Å². The number of nitrogens with zero attached hydrogens (tertiary/aromatic N) is 1. The van der Waals surface area contributed by atoms with Gasteiger partial charge in [-0.3, -0.25) is 10.1 Å². The Hall–Kier alpha value is -2.54. The van der Waals surface area contributed by atoms with Crippen molar-refractivity contribution in [2.24, 2.45) is 5.92 Å². The summed E-state index contributed by atoms with van der Waals surface area (Å²) in [5.41, 5.74) is 2.53. The number of nitro benzene ring substituents is 1. The van der Waals surface area contributed by atoms with Gasteiger partial charge in [0.15, 0.2) is 0 Å². The van der Waals surface area contributed by atoms with E-state index < -0.39 is 0 Å². The number of halogens is 1. The van der Waals surface area contributed by atoms with Crippen molar-refractivity contribution in [2.75, 3.05) is 19.5 Å². The molecule has 0 saturated heterocycles. The summed E-state index contributed by atoms with van der Waals surface area (Å²) in [7, 11) is 3.23. The summed E-state index contributed by atoms with van der Waals surface area (Å²) in [6.07, 6.45) is 5.02. The van der Waals surface area contributed by atoms with Gasteiger partial charge in [0.1, 0.15) is 11.5 Å². The molecule has 0 amide bonds. The molecular formula is C20H19BrN2O4. The molecule has 6 nitrogen and oxygen atoms in total. The normalized spacial score (nSPS) is 22.6. The average molecular weight is 431 g/mol. The van der Waals surface area contributed by atoms with Crippen molar-refractivity contribution in [2.45, 2.75) is 18.4 Å². The van der Waals surface area contributed by atoms with Crippen LogP contribution in [-0.2, 0) is 0 Å². The summed E-state index contributed by atoms with van der Waals surface area (Å²) in [6, 6.07) is 9.04. The summed E-state index contributed by atoms with van der Waals surface area (Å²) >= 11 is 3.54. The Balaban J connectivity index is 1.91. The topological polar surface area (TPSA) is 73.6 Å². The maximum absolute atomic E-state index is 11.6. The van der Waals surface area contributed by atoms with Gasteiger partial charge in [-0.25, -0.2) is 0 Å².